The van der Waals surface area contributed by atoms with Gasteiger partial charge >= 0.3 is 0 Å². The average molecular weight is 319 g/mol. The standard InChI is InChI=1S/C11H14N4O3S.ClH/c12-19(16,17)8-11(3-4-11)7-18-10-2-1-9-13-5-6-15(9)14-10;/h1-2,5-6H,3-4,7-8H2,(H2,12,16,17);1H. The topological polar surface area (TPSA) is 99.6 Å². The molecule has 0 atom stereocenters. The summed E-state index contributed by atoms with van der Waals surface area (Å²) in [5.74, 6) is 0.416. The maximum absolute atomic E-state index is 11.1. The van der Waals surface area contributed by atoms with Crippen LogP contribution >= 0.6 is 12.4 Å². The molecular weight excluding hydrogens is 304 g/mol. The van der Waals surface area contributed by atoms with Crippen molar-refractivity contribution in [1.82, 2.24) is 14.6 Å². The van der Waals surface area contributed by atoms with Gasteiger partial charge in [-0.05, 0) is 18.9 Å². The minimum absolute atomic E-state index is 0. The number of imidazole rings is 1. The van der Waals surface area contributed by atoms with Crippen molar-refractivity contribution in [2.45, 2.75) is 12.8 Å². The number of nitrogens with zero attached hydrogens (tertiary/aromatic N) is 3. The molecule has 1 saturated carbocycles. The number of hydrogen-bond donors (Lipinski definition) is 1. The second kappa shape index (κ2) is 5.19. The van der Waals surface area contributed by atoms with E-state index in [0.717, 1.165) is 18.5 Å². The fourth-order valence-corrected chi connectivity index (χ4v) is 3.26. The molecule has 0 unspecified atom stereocenters. The lowest BCUT2D eigenvalue weighted by Gasteiger charge is -2.14. The quantitative estimate of drug-likeness (QED) is 0.870. The molecule has 0 radical (unpaired) electrons. The molecule has 2 N–H and O–H groups in total. The molecule has 9 heteroatoms. The summed E-state index contributed by atoms with van der Waals surface area (Å²) in [4.78, 5) is 4.08. The van der Waals surface area contributed by atoms with Crippen LogP contribution in [0.1, 0.15) is 12.8 Å². The summed E-state index contributed by atoms with van der Waals surface area (Å²) in [6, 6.07) is 3.51. The number of hydrogen-bond acceptors (Lipinski definition) is 5. The van der Waals surface area contributed by atoms with Crippen molar-refractivity contribution in [3.8, 4) is 5.88 Å². The number of aromatic nitrogens is 3. The van der Waals surface area contributed by atoms with Crippen LogP contribution in [0, 0.1) is 5.41 Å². The Morgan fingerprint density at radius 2 is 2.15 bits per heavy atom. The van der Waals surface area contributed by atoms with Gasteiger partial charge in [-0.2, -0.15) is 0 Å². The summed E-state index contributed by atoms with van der Waals surface area (Å²) >= 11 is 0. The highest BCUT2D eigenvalue weighted by Gasteiger charge is 2.46. The molecule has 110 valence electrons. The zero-order chi connectivity index (χ0) is 13.5. The third kappa shape index (κ3) is 3.38. The second-order valence-electron chi connectivity index (χ2n) is 5.00. The Kier molecular flexibility index (Phi) is 3.90. The molecule has 0 saturated heterocycles. The monoisotopic (exact) mass is 318 g/mol. The van der Waals surface area contributed by atoms with E-state index < -0.39 is 10.0 Å². The van der Waals surface area contributed by atoms with E-state index in [1.54, 1.807) is 29.0 Å². The minimum atomic E-state index is -3.47. The number of sulfonamides is 1. The van der Waals surface area contributed by atoms with E-state index in [9.17, 15) is 8.42 Å². The SMILES string of the molecule is Cl.NS(=O)(=O)CC1(COc2ccc3nccn3n2)CC1. The number of primary sulfonamides is 1. The first-order valence-electron chi connectivity index (χ1n) is 5.90. The second-order valence-corrected chi connectivity index (χ2v) is 6.61. The van der Waals surface area contributed by atoms with Gasteiger partial charge in [0.2, 0.25) is 15.9 Å². The Balaban J connectivity index is 0.00000147. The van der Waals surface area contributed by atoms with Gasteiger partial charge in [0, 0.05) is 23.9 Å². The lowest BCUT2D eigenvalue weighted by molar-refractivity contribution is 0.237. The molecule has 7 nitrogen and oxygen atoms in total. The predicted molar refractivity (Wildman–Crippen MR) is 75.4 cm³/mol. The fourth-order valence-electron chi connectivity index (χ4n) is 2.04. The molecule has 2 aromatic heterocycles. The van der Waals surface area contributed by atoms with Gasteiger partial charge in [-0.15, -0.1) is 17.5 Å². The molecule has 1 aliphatic carbocycles. The molecule has 0 aliphatic heterocycles. The fraction of sp³-hybridized carbons (Fsp3) is 0.455. The third-order valence-corrected chi connectivity index (χ3v) is 4.24. The van der Waals surface area contributed by atoms with Crippen LogP contribution in [0.4, 0.5) is 0 Å². The van der Waals surface area contributed by atoms with Gasteiger partial charge < -0.3 is 4.74 Å². The molecule has 1 fully saturated rings. The van der Waals surface area contributed by atoms with Crippen molar-refractivity contribution in [3.63, 3.8) is 0 Å². The van der Waals surface area contributed by atoms with E-state index in [0.29, 0.717) is 12.5 Å². The van der Waals surface area contributed by atoms with Crippen LogP contribution < -0.4 is 9.88 Å². The Labute approximate surface area is 122 Å². The summed E-state index contributed by atoms with van der Waals surface area (Å²) in [7, 11) is -3.47. The molecule has 0 spiro atoms. The third-order valence-electron chi connectivity index (χ3n) is 3.22. The van der Waals surface area contributed by atoms with Gasteiger partial charge in [0.1, 0.15) is 0 Å². The molecule has 20 heavy (non-hydrogen) atoms. The van der Waals surface area contributed by atoms with Crippen molar-refractivity contribution in [2.75, 3.05) is 12.4 Å². The van der Waals surface area contributed by atoms with Crippen LogP contribution in [0.5, 0.6) is 5.88 Å². The summed E-state index contributed by atoms with van der Waals surface area (Å²) in [6.07, 6.45) is 5.00. The van der Waals surface area contributed by atoms with Crippen LogP contribution in [0.15, 0.2) is 24.5 Å². The smallest absolute Gasteiger partial charge is 0.231 e. The number of nitrogens with two attached hydrogens (primary N) is 1. The summed E-state index contributed by atoms with van der Waals surface area (Å²) < 4.78 is 29.4. The first-order chi connectivity index (χ1) is 8.96. The molecule has 0 aromatic carbocycles. The molecule has 3 rings (SSSR count). The van der Waals surface area contributed by atoms with Crippen molar-refractivity contribution >= 4 is 28.1 Å². The van der Waals surface area contributed by atoms with E-state index in [1.165, 1.54) is 0 Å². The Morgan fingerprint density at radius 3 is 2.80 bits per heavy atom. The van der Waals surface area contributed by atoms with Crippen molar-refractivity contribution < 1.29 is 13.2 Å². The van der Waals surface area contributed by atoms with E-state index in [1.807, 2.05) is 0 Å². The molecule has 2 heterocycles. The normalized spacial score (nSPS) is 16.6. The van der Waals surface area contributed by atoms with Crippen LogP contribution in [0.2, 0.25) is 0 Å². The largest absolute Gasteiger partial charge is 0.476 e. The van der Waals surface area contributed by atoms with Crippen molar-refractivity contribution in [1.29, 1.82) is 0 Å². The Hall–Kier alpha value is -1.38. The van der Waals surface area contributed by atoms with Crippen LogP contribution in [0.25, 0.3) is 5.65 Å². The van der Waals surface area contributed by atoms with Crippen LogP contribution in [-0.2, 0) is 10.0 Å². The molecular formula is C11H15ClN4O3S. The Bertz CT molecular complexity index is 711. The average Bonchev–Trinajstić information content (AvgIpc) is 2.90. The molecule has 2 aromatic rings. The highest BCUT2D eigenvalue weighted by Crippen LogP contribution is 2.46. The molecule has 1 aliphatic rings. The first-order valence-corrected chi connectivity index (χ1v) is 7.61. The van der Waals surface area contributed by atoms with E-state index in [2.05, 4.69) is 10.1 Å². The summed E-state index contributed by atoms with van der Waals surface area (Å²) in [5.41, 5.74) is 0.400. The summed E-state index contributed by atoms with van der Waals surface area (Å²) in [5, 5.41) is 9.29. The minimum Gasteiger partial charge on any atom is -0.476 e. The van der Waals surface area contributed by atoms with Crippen molar-refractivity contribution in [3.05, 3.63) is 24.5 Å². The number of ether oxygens (including phenoxy) is 1. The number of halogens is 1. The Morgan fingerprint density at radius 1 is 1.40 bits per heavy atom. The van der Waals surface area contributed by atoms with Crippen LogP contribution in [-0.4, -0.2) is 35.4 Å². The molecule has 0 bridgehead atoms. The maximum atomic E-state index is 11.1. The highest BCUT2D eigenvalue weighted by atomic mass is 35.5. The molecule has 0 amide bonds. The highest BCUT2D eigenvalue weighted by molar-refractivity contribution is 7.89. The zero-order valence-electron chi connectivity index (χ0n) is 10.6. The predicted octanol–water partition coefficient (Wildman–Crippen LogP) is 0.599. The van der Waals surface area contributed by atoms with Gasteiger partial charge in [-0.1, -0.05) is 0 Å². The number of rotatable bonds is 5. The van der Waals surface area contributed by atoms with Gasteiger partial charge in [0.25, 0.3) is 0 Å². The maximum Gasteiger partial charge on any atom is 0.231 e. The van der Waals surface area contributed by atoms with Gasteiger partial charge in [0.05, 0.1) is 12.4 Å². The van der Waals surface area contributed by atoms with E-state index in [4.69, 9.17) is 9.88 Å². The van der Waals surface area contributed by atoms with Gasteiger partial charge in [-0.25, -0.2) is 23.1 Å². The van der Waals surface area contributed by atoms with E-state index in [-0.39, 0.29) is 23.6 Å². The van der Waals surface area contributed by atoms with Crippen molar-refractivity contribution in [2.24, 2.45) is 10.6 Å². The van der Waals surface area contributed by atoms with Gasteiger partial charge in [0.15, 0.2) is 5.65 Å². The lowest BCUT2D eigenvalue weighted by atomic mass is 10.2. The van der Waals surface area contributed by atoms with Crippen LogP contribution in [0.3, 0.4) is 0 Å². The van der Waals surface area contributed by atoms with E-state index >= 15 is 0 Å². The zero-order valence-corrected chi connectivity index (χ0v) is 12.2. The van der Waals surface area contributed by atoms with Gasteiger partial charge in [-0.3, -0.25) is 0 Å². The number of fused-ring (bicyclic) bond motifs is 1. The lowest BCUT2D eigenvalue weighted by Crippen LogP contribution is -2.28. The summed E-state index contributed by atoms with van der Waals surface area (Å²) in [6.45, 7) is 0.316. The first kappa shape index (κ1) is 15.0.